The molecule has 9 heteroatoms. The van der Waals surface area contributed by atoms with Gasteiger partial charge in [-0.2, -0.15) is 0 Å². The molecular weight excluding hydrogens is 366 g/mol. The van der Waals surface area contributed by atoms with Crippen LogP contribution < -0.4 is 21.5 Å². The summed E-state index contributed by atoms with van der Waals surface area (Å²) in [6, 6.07) is 9.13. The van der Waals surface area contributed by atoms with Gasteiger partial charge in [-0.15, -0.1) is 11.3 Å². The molecule has 144 valence electrons. The van der Waals surface area contributed by atoms with E-state index in [0.29, 0.717) is 5.00 Å². The van der Waals surface area contributed by atoms with Gasteiger partial charge in [-0.3, -0.25) is 10.2 Å². The highest BCUT2D eigenvalue weighted by Gasteiger charge is 2.16. The normalized spacial score (nSPS) is 15.4. The van der Waals surface area contributed by atoms with Crippen LogP contribution in [-0.2, 0) is 6.54 Å². The molecule has 5 N–H and O–H groups in total. The first-order valence-corrected chi connectivity index (χ1v) is 9.40. The number of amides is 3. The summed E-state index contributed by atoms with van der Waals surface area (Å²) in [6.45, 7) is 5.23. The Morgan fingerprint density at radius 1 is 1.15 bits per heavy atom. The third-order valence-corrected chi connectivity index (χ3v) is 5.47. The molecule has 1 fully saturated rings. The van der Waals surface area contributed by atoms with Gasteiger partial charge in [-0.1, -0.05) is 24.3 Å². The predicted molar refractivity (Wildman–Crippen MR) is 106 cm³/mol. The van der Waals surface area contributed by atoms with Gasteiger partial charge in [0.1, 0.15) is 5.00 Å². The maximum absolute atomic E-state index is 11.1. The molecule has 0 saturated carbocycles. The minimum absolute atomic E-state index is 0.183. The monoisotopic (exact) mass is 389 g/mol. The van der Waals surface area contributed by atoms with Crippen molar-refractivity contribution in [3.8, 4) is 16.2 Å². The van der Waals surface area contributed by atoms with Crippen molar-refractivity contribution in [1.29, 1.82) is 0 Å². The molecule has 1 aliphatic rings. The van der Waals surface area contributed by atoms with Crippen molar-refractivity contribution in [2.45, 2.75) is 6.54 Å². The fourth-order valence-electron chi connectivity index (χ4n) is 2.94. The third kappa shape index (κ3) is 5.19. The van der Waals surface area contributed by atoms with Crippen LogP contribution in [0.1, 0.15) is 5.56 Å². The quantitative estimate of drug-likeness (QED) is 0.725. The highest BCUT2D eigenvalue weighted by atomic mass is 32.1. The van der Waals surface area contributed by atoms with E-state index in [1.807, 2.05) is 12.1 Å². The van der Waals surface area contributed by atoms with Gasteiger partial charge in [-0.05, 0) is 18.2 Å². The van der Waals surface area contributed by atoms with E-state index in [1.165, 1.54) is 16.9 Å². The van der Waals surface area contributed by atoms with Gasteiger partial charge in [0.2, 0.25) is 0 Å². The van der Waals surface area contributed by atoms with Gasteiger partial charge in [0, 0.05) is 43.7 Å². The van der Waals surface area contributed by atoms with E-state index in [4.69, 9.17) is 16.2 Å². The maximum atomic E-state index is 11.1. The lowest BCUT2D eigenvalue weighted by Crippen LogP contribution is -2.43. The predicted octanol–water partition coefficient (Wildman–Crippen LogP) is 2.11. The number of likely N-dealkylation sites (N-methyl/N-ethyl adjacent to an activating group) is 1. The first-order valence-electron chi connectivity index (χ1n) is 8.58. The number of thiophene rings is 1. The van der Waals surface area contributed by atoms with Gasteiger partial charge in [-0.25, -0.2) is 9.59 Å². The summed E-state index contributed by atoms with van der Waals surface area (Å²) in [7, 11) is 2.14. The van der Waals surface area contributed by atoms with Crippen LogP contribution in [0.5, 0.6) is 5.75 Å². The number of hydrogen-bond donors (Lipinski definition) is 3. The SMILES string of the molecule is CN1CCN(Cc2ccc(-c3cc(OC(N)=O)c(NC(N)=O)s3)cc2)CC1. The number of hydrogen-bond acceptors (Lipinski definition) is 6. The standard InChI is InChI=1S/C18H23N5O3S/c1-22-6-8-23(9-7-22)11-12-2-4-13(5-3-12)15-10-14(26-18(20)25)16(27-15)21-17(19)24/h2-5,10H,6-9,11H2,1H3,(H2,20,25)(H3,19,21,24). The van der Waals surface area contributed by atoms with Crippen LogP contribution in [0.2, 0.25) is 0 Å². The molecule has 0 atom stereocenters. The second kappa shape index (κ2) is 8.38. The number of anilines is 1. The highest BCUT2D eigenvalue weighted by molar-refractivity contribution is 7.20. The molecule has 27 heavy (non-hydrogen) atoms. The first-order chi connectivity index (χ1) is 12.9. The zero-order valence-electron chi connectivity index (χ0n) is 15.1. The van der Waals surface area contributed by atoms with Gasteiger partial charge >= 0.3 is 12.1 Å². The summed E-state index contributed by atoms with van der Waals surface area (Å²) < 4.78 is 4.95. The van der Waals surface area contributed by atoms with Crippen LogP contribution in [0.25, 0.3) is 10.4 Å². The largest absolute Gasteiger partial charge is 0.410 e. The van der Waals surface area contributed by atoms with E-state index in [-0.39, 0.29) is 5.75 Å². The molecule has 8 nitrogen and oxygen atoms in total. The lowest BCUT2D eigenvalue weighted by atomic mass is 10.1. The summed E-state index contributed by atoms with van der Waals surface area (Å²) in [6.07, 6.45) is -0.950. The number of primary amides is 2. The molecule has 1 aliphatic heterocycles. The van der Waals surface area contributed by atoms with Crippen LogP contribution in [0.3, 0.4) is 0 Å². The Labute approximate surface area is 161 Å². The van der Waals surface area contributed by atoms with Crippen LogP contribution in [0.15, 0.2) is 30.3 Å². The lowest BCUT2D eigenvalue weighted by Gasteiger charge is -2.32. The zero-order chi connectivity index (χ0) is 19.4. The lowest BCUT2D eigenvalue weighted by molar-refractivity contribution is 0.148. The third-order valence-electron chi connectivity index (χ3n) is 4.39. The molecular formula is C18H23N5O3S. The minimum Gasteiger partial charge on any atom is -0.407 e. The molecule has 2 aromatic rings. The van der Waals surface area contributed by atoms with Gasteiger partial charge < -0.3 is 21.1 Å². The second-order valence-corrected chi connectivity index (χ2v) is 7.54. The van der Waals surface area contributed by atoms with Crippen molar-refractivity contribution in [3.63, 3.8) is 0 Å². The second-order valence-electron chi connectivity index (χ2n) is 6.49. The van der Waals surface area contributed by atoms with Crippen LogP contribution in [0.4, 0.5) is 14.6 Å². The fraction of sp³-hybridized carbons (Fsp3) is 0.333. The van der Waals surface area contributed by atoms with E-state index in [1.54, 1.807) is 6.07 Å². The molecule has 2 heterocycles. The average Bonchev–Trinajstić information content (AvgIpc) is 2.99. The van der Waals surface area contributed by atoms with E-state index in [2.05, 4.69) is 34.3 Å². The summed E-state index contributed by atoms with van der Waals surface area (Å²) in [5, 5.41) is 2.80. The number of benzene rings is 1. The van der Waals surface area contributed by atoms with E-state index in [9.17, 15) is 9.59 Å². The van der Waals surface area contributed by atoms with E-state index < -0.39 is 12.1 Å². The number of piperazine rings is 1. The number of nitrogens with one attached hydrogen (secondary N) is 1. The van der Waals surface area contributed by atoms with Crippen molar-refractivity contribution >= 4 is 28.5 Å². The summed E-state index contributed by atoms with van der Waals surface area (Å²) >= 11 is 1.26. The Hall–Kier alpha value is -2.62. The highest BCUT2D eigenvalue weighted by Crippen LogP contribution is 2.40. The van der Waals surface area contributed by atoms with Gasteiger partial charge in [0.25, 0.3) is 0 Å². The van der Waals surface area contributed by atoms with Crippen LogP contribution in [0, 0.1) is 0 Å². The number of ether oxygens (including phenoxy) is 1. The van der Waals surface area contributed by atoms with Crippen molar-refractivity contribution < 1.29 is 14.3 Å². The summed E-state index contributed by atoms with van der Waals surface area (Å²) in [5.41, 5.74) is 12.4. The van der Waals surface area contributed by atoms with Gasteiger partial charge in [0.15, 0.2) is 5.75 Å². The smallest absolute Gasteiger partial charge is 0.407 e. The zero-order valence-corrected chi connectivity index (χ0v) is 15.9. The number of urea groups is 1. The Morgan fingerprint density at radius 2 is 1.81 bits per heavy atom. The number of rotatable bonds is 5. The minimum atomic E-state index is -0.950. The topological polar surface area (TPSA) is 114 Å². The van der Waals surface area contributed by atoms with Crippen molar-refractivity contribution in [2.24, 2.45) is 11.5 Å². The summed E-state index contributed by atoms with van der Waals surface area (Å²) in [5.74, 6) is 0.183. The molecule has 3 rings (SSSR count). The molecule has 0 spiro atoms. The average molecular weight is 389 g/mol. The summed E-state index contributed by atoms with van der Waals surface area (Å²) in [4.78, 5) is 27.8. The number of nitrogens with two attached hydrogens (primary N) is 2. The number of carbonyl (C=O) groups is 2. The Bertz CT molecular complexity index is 779. The van der Waals surface area contributed by atoms with Crippen molar-refractivity contribution in [2.75, 3.05) is 38.5 Å². The van der Waals surface area contributed by atoms with Crippen LogP contribution >= 0.6 is 11.3 Å². The molecule has 3 amide bonds. The van der Waals surface area contributed by atoms with Gasteiger partial charge in [0.05, 0.1) is 0 Å². The molecule has 0 bridgehead atoms. The number of carbonyl (C=O) groups excluding carboxylic acids is 2. The fourth-order valence-corrected chi connectivity index (χ4v) is 3.93. The molecule has 1 aromatic heterocycles. The van der Waals surface area contributed by atoms with Crippen molar-refractivity contribution in [1.82, 2.24) is 9.80 Å². The molecule has 0 unspecified atom stereocenters. The van der Waals surface area contributed by atoms with Crippen LogP contribution in [-0.4, -0.2) is 55.2 Å². The Balaban J connectivity index is 1.73. The molecule has 0 radical (unpaired) electrons. The first kappa shape index (κ1) is 19.2. The van der Waals surface area contributed by atoms with E-state index in [0.717, 1.165) is 43.2 Å². The molecule has 1 aromatic carbocycles. The number of nitrogens with zero attached hydrogens (tertiary/aromatic N) is 2. The maximum Gasteiger partial charge on any atom is 0.410 e. The molecule has 0 aliphatic carbocycles. The Kier molecular flexibility index (Phi) is 5.94. The van der Waals surface area contributed by atoms with E-state index >= 15 is 0 Å². The van der Waals surface area contributed by atoms with Crippen molar-refractivity contribution in [3.05, 3.63) is 35.9 Å². The molecule has 1 saturated heterocycles. The Morgan fingerprint density at radius 3 is 2.41 bits per heavy atom.